The van der Waals surface area contributed by atoms with Crippen LogP contribution in [0.5, 0.6) is 5.75 Å². The van der Waals surface area contributed by atoms with Crippen LogP contribution in [0.25, 0.3) is 20.8 Å². The molecule has 33 heavy (non-hydrogen) atoms. The maximum absolute atomic E-state index is 12.5. The van der Waals surface area contributed by atoms with E-state index in [1.807, 2.05) is 36.4 Å². The maximum atomic E-state index is 12.5. The zero-order valence-corrected chi connectivity index (χ0v) is 19.4. The molecule has 0 aliphatic heterocycles. The number of amides is 1. The first-order valence-corrected chi connectivity index (χ1v) is 11.2. The number of aryl methyl sites for hydroxylation is 1. The van der Waals surface area contributed by atoms with E-state index in [-0.39, 0.29) is 5.57 Å². The van der Waals surface area contributed by atoms with Gasteiger partial charge in [0.1, 0.15) is 22.4 Å². The molecular formula is C25H19ClN4O2S. The Bertz CT molecular complexity index is 1400. The molecule has 0 bridgehead atoms. The maximum Gasteiger partial charge on any atom is 0.267 e. The number of nitriles is 1. The van der Waals surface area contributed by atoms with Gasteiger partial charge in [-0.25, -0.2) is 4.98 Å². The molecule has 1 heterocycles. The molecular weight excluding hydrogens is 456 g/mol. The minimum atomic E-state index is -0.548. The third-order valence-corrected chi connectivity index (χ3v) is 6.20. The number of ether oxygens (including phenoxy) is 1. The molecule has 0 saturated carbocycles. The number of benzene rings is 3. The topological polar surface area (TPSA) is 87.0 Å². The Morgan fingerprint density at radius 3 is 2.58 bits per heavy atom. The van der Waals surface area contributed by atoms with Gasteiger partial charge in [-0.05, 0) is 67.1 Å². The van der Waals surface area contributed by atoms with Gasteiger partial charge in [-0.15, -0.1) is 11.3 Å². The predicted molar refractivity (Wildman–Crippen MR) is 134 cm³/mol. The van der Waals surface area contributed by atoms with Gasteiger partial charge in [0, 0.05) is 23.1 Å². The van der Waals surface area contributed by atoms with Crippen LogP contribution in [0.2, 0.25) is 5.02 Å². The van der Waals surface area contributed by atoms with Crippen molar-refractivity contribution in [3.05, 3.63) is 83.0 Å². The lowest BCUT2D eigenvalue weighted by molar-refractivity contribution is -0.112. The smallest absolute Gasteiger partial charge is 0.267 e. The second-order valence-corrected chi connectivity index (χ2v) is 8.62. The second-order valence-electron chi connectivity index (χ2n) is 7.19. The molecule has 3 aromatic carbocycles. The first-order valence-electron chi connectivity index (χ1n) is 9.96. The number of aromatic nitrogens is 1. The fourth-order valence-electron chi connectivity index (χ4n) is 3.11. The van der Waals surface area contributed by atoms with E-state index in [1.165, 1.54) is 18.9 Å². The largest absolute Gasteiger partial charge is 0.495 e. The Hall–Kier alpha value is -3.86. The summed E-state index contributed by atoms with van der Waals surface area (Å²) < 4.78 is 6.25. The predicted octanol–water partition coefficient (Wildman–Crippen LogP) is 6.39. The number of methoxy groups -OCH3 is 1. The summed E-state index contributed by atoms with van der Waals surface area (Å²) in [5.41, 5.74) is 4.31. The summed E-state index contributed by atoms with van der Waals surface area (Å²) in [6.45, 7) is 2.06. The summed E-state index contributed by atoms with van der Waals surface area (Å²) >= 11 is 7.73. The van der Waals surface area contributed by atoms with Crippen molar-refractivity contribution in [1.29, 1.82) is 5.26 Å². The summed E-state index contributed by atoms with van der Waals surface area (Å²) in [5, 5.41) is 16.3. The molecule has 0 aliphatic rings. The minimum absolute atomic E-state index is 0.0763. The van der Waals surface area contributed by atoms with Gasteiger partial charge in [0.2, 0.25) is 0 Å². The number of carbonyl (C=O) groups is 1. The molecule has 6 nitrogen and oxygen atoms in total. The molecule has 0 saturated heterocycles. The fourth-order valence-corrected chi connectivity index (χ4v) is 4.44. The first-order chi connectivity index (χ1) is 16.0. The molecule has 1 amide bonds. The van der Waals surface area contributed by atoms with E-state index in [9.17, 15) is 10.1 Å². The van der Waals surface area contributed by atoms with Gasteiger partial charge in [0.05, 0.1) is 22.3 Å². The summed E-state index contributed by atoms with van der Waals surface area (Å²) in [6.07, 6.45) is 1.37. The van der Waals surface area contributed by atoms with Crippen molar-refractivity contribution in [3.63, 3.8) is 0 Å². The Kier molecular flexibility index (Phi) is 6.59. The molecule has 0 spiro atoms. The van der Waals surface area contributed by atoms with Crippen molar-refractivity contribution in [2.45, 2.75) is 6.92 Å². The molecule has 0 fully saturated rings. The second kappa shape index (κ2) is 9.74. The number of fused-ring (bicyclic) bond motifs is 1. The highest BCUT2D eigenvalue weighted by Crippen LogP contribution is 2.31. The molecule has 1 aromatic heterocycles. The third kappa shape index (κ3) is 5.14. The van der Waals surface area contributed by atoms with Crippen LogP contribution in [0.1, 0.15) is 5.56 Å². The van der Waals surface area contributed by atoms with Gasteiger partial charge in [-0.1, -0.05) is 17.7 Å². The average molecular weight is 475 g/mol. The molecule has 0 aliphatic carbocycles. The monoisotopic (exact) mass is 474 g/mol. The minimum Gasteiger partial charge on any atom is -0.495 e. The molecule has 0 unspecified atom stereocenters. The van der Waals surface area contributed by atoms with Gasteiger partial charge < -0.3 is 15.4 Å². The molecule has 8 heteroatoms. The summed E-state index contributed by atoms with van der Waals surface area (Å²) in [5.74, 6) is -0.0515. The zero-order valence-electron chi connectivity index (χ0n) is 17.8. The highest BCUT2D eigenvalue weighted by Gasteiger charge is 2.11. The number of carbonyl (C=O) groups excluding carboxylic acids is 1. The van der Waals surface area contributed by atoms with Crippen LogP contribution in [0, 0.1) is 18.3 Å². The molecule has 164 valence electrons. The van der Waals surface area contributed by atoms with Crippen molar-refractivity contribution < 1.29 is 9.53 Å². The quantitative estimate of drug-likeness (QED) is 0.249. The number of hydrogen-bond acceptors (Lipinski definition) is 6. The van der Waals surface area contributed by atoms with Gasteiger partial charge in [0.25, 0.3) is 5.91 Å². The number of thiazole rings is 1. The molecule has 0 radical (unpaired) electrons. The number of hydrogen-bond donors (Lipinski definition) is 2. The normalized spacial score (nSPS) is 11.2. The molecule has 2 N–H and O–H groups in total. The molecule has 4 aromatic rings. The van der Waals surface area contributed by atoms with Crippen molar-refractivity contribution >= 4 is 50.4 Å². The zero-order chi connectivity index (χ0) is 23.4. The van der Waals surface area contributed by atoms with E-state index < -0.39 is 5.91 Å². The van der Waals surface area contributed by atoms with E-state index in [4.69, 9.17) is 21.3 Å². The van der Waals surface area contributed by atoms with E-state index in [1.54, 1.807) is 29.5 Å². The van der Waals surface area contributed by atoms with Gasteiger partial charge in [-0.3, -0.25) is 4.79 Å². The number of rotatable bonds is 6. The number of halogens is 1. The number of nitrogens with zero attached hydrogens (tertiary/aromatic N) is 2. The van der Waals surface area contributed by atoms with Crippen LogP contribution in [-0.4, -0.2) is 18.0 Å². The number of anilines is 2. The lowest BCUT2D eigenvalue weighted by Gasteiger charge is -2.08. The fraction of sp³-hybridized carbons (Fsp3) is 0.0800. The van der Waals surface area contributed by atoms with E-state index >= 15 is 0 Å². The van der Waals surface area contributed by atoms with Crippen molar-refractivity contribution in [2.75, 3.05) is 17.7 Å². The SMILES string of the molecule is COc1ccc(NC(=O)/C(C#N)=C\Nc2ccc(-c3nc4ccc(C)cc4s3)cc2)cc1Cl. The Morgan fingerprint density at radius 1 is 1.12 bits per heavy atom. The Morgan fingerprint density at radius 2 is 1.88 bits per heavy atom. The summed E-state index contributed by atoms with van der Waals surface area (Å²) in [4.78, 5) is 17.2. The van der Waals surface area contributed by atoms with Crippen molar-refractivity contribution in [1.82, 2.24) is 4.98 Å². The van der Waals surface area contributed by atoms with E-state index in [0.717, 1.165) is 26.5 Å². The van der Waals surface area contributed by atoms with Crippen molar-refractivity contribution in [3.8, 4) is 22.4 Å². The van der Waals surface area contributed by atoms with Gasteiger partial charge in [-0.2, -0.15) is 5.26 Å². The average Bonchev–Trinajstić information content (AvgIpc) is 3.23. The molecule has 4 rings (SSSR count). The van der Waals surface area contributed by atoms with Crippen LogP contribution in [0.4, 0.5) is 11.4 Å². The highest BCUT2D eigenvalue weighted by atomic mass is 35.5. The van der Waals surface area contributed by atoms with Crippen molar-refractivity contribution in [2.24, 2.45) is 0 Å². The lowest BCUT2D eigenvalue weighted by atomic mass is 10.2. The summed E-state index contributed by atoms with van der Waals surface area (Å²) in [7, 11) is 1.51. The van der Waals surface area contributed by atoms with Gasteiger partial charge in [0.15, 0.2) is 0 Å². The van der Waals surface area contributed by atoms with Crippen LogP contribution < -0.4 is 15.4 Å². The van der Waals surface area contributed by atoms with Crippen LogP contribution >= 0.6 is 22.9 Å². The van der Waals surface area contributed by atoms with Crippen LogP contribution in [-0.2, 0) is 4.79 Å². The standard InChI is InChI=1S/C25H19ClN4O2S/c1-15-3-9-21-23(11-15)33-25(30-21)16-4-6-18(7-5-16)28-14-17(13-27)24(31)29-19-8-10-22(32-2)20(26)12-19/h3-12,14,28H,1-2H3,(H,29,31)/b17-14-. The lowest BCUT2D eigenvalue weighted by Crippen LogP contribution is -2.14. The van der Waals surface area contributed by atoms with Crippen LogP contribution in [0.15, 0.2) is 72.4 Å². The highest BCUT2D eigenvalue weighted by molar-refractivity contribution is 7.21. The first kappa shape index (κ1) is 22.3. The molecule has 0 atom stereocenters. The number of nitrogens with one attached hydrogen (secondary N) is 2. The van der Waals surface area contributed by atoms with E-state index in [2.05, 4.69) is 29.7 Å². The Balaban J connectivity index is 1.45. The van der Waals surface area contributed by atoms with Gasteiger partial charge >= 0.3 is 0 Å². The van der Waals surface area contributed by atoms with Crippen LogP contribution in [0.3, 0.4) is 0 Å². The third-order valence-electron chi connectivity index (χ3n) is 4.83. The summed E-state index contributed by atoms with van der Waals surface area (Å²) in [6, 6.07) is 20.6. The van der Waals surface area contributed by atoms with E-state index in [0.29, 0.717) is 16.5 Å². The Labute approximate surface area is 200 Å².